The van der Waals surface area contributed by atoms with Gasteiger partial charge in [0.2, 0.25) is 5.91 Å². The molecule has 20 heavy (non-hydrogen) atoms. The van der Waals surface area contributed by atoms with Gasteiger partial charge >= 0.3 is 5.97 Å². The third kappa shape index (κ3) is 3.68. The molecule has 0 radical (unpaired) electrons. The van der Waals surface area contributed by atoms with Crippen LogP contribution in [0.1, 0.15) is 6.42 Å². The first-order valence-corrected chi connectivity index (χ1v) is 6.72. The number of carboxylic acid groups (broad SMARTS) is 1. The molecule has 0 aliphatic heterocycles. The number of carbonyl (C=O) groups is 2. The number of aliphatic carboxylic acids is 1. The van der Waals surface area contributed by atoms with Gasteiger partial charge in [-0.2, -0.15) is 0 Å². The van der Waals surface area contributed by atoms with Crippen LogP contribution in [0.5, 0.6) is 0 Å². The van der Waals surface area contributed by atoms with Crippen LogP contribution in [0.25, 0.3) is 11.1 Å². The Kier molecular flexibility index (Phi) is 4.53. The smallest absolute Gasteiger partial charge is 0.312 e. The molecule has 0 saturated heterocycles. The predicted molar refractivity (Wildman–Crippen MR) is 80.5 cm³/mol. The number of hydrogen-bond donors (Lipinski definition) is 2. The zero-order chi connectivity index (χ0) is 14.5. The van der Waals surface area contributed by atoms with Crippen molar-refractivity contribution in [2.75, 3.05) is 5.32 Å². The second-order valence-corrected chi connectivity index (χ2v) is 5.09. The molecule has 0 unspecified atom stereocenters. The summed E-state index contributed by atoms with van der Waals surface area (Å²) in [6, 6.07) is 14.9. The molecule has 0 atom stereocenters. The van der Waals surface area contributed by atoms with Gasteiger partial charge in [-0.25, -0.2) is 0 Å². The largest absolute Gasteiger partial charge is 0.481 e. The number of carboxylic acids is 1. The molecule has 1 amide bonds. The van der Waals surface area contributed by atoms with E-state index in [9.17, 15) is 9.59 Å². The van der Waals surface area contributed by atoms with Crippen LogP contribution in [-0.4, -0.2) is 17.0 Å². The Hall–Kier alpha value is -2.14. The summed E-state index contributed by atoms with van der Waals surface area (Å²) in [5.74, 6) is -1.69. The van der Waals surface area contributed by atoms with Crippen molar-refractivity contribution in [3.8, 4) is 11.1 Å². The van der Waals surface area contributed by atoms with E-state index >= 15 is 0 Å². The quantitative estimate of drug-likeness (QED) is 0.841. The number of halogens is 1. The topological polar surface area (TPSA) is 66.4 Å². The van der Waals surface area contributed by atoms with Crippen molar-refractivity contribution in [1.82, 2.24) is 0 Å². The number of carbonyl (C=O) groups excluding carboxylic acids is 1. The minimum Gasteiger partial charge on any atom is -0.481 e. The van der Waals surface area contributed by atoms with Crippen molar-refractivity contribution in [3.05, 3.63) is 53.0 Å². The molecule has 0 aliphatic carbocycles. The maximum Gasteiger partial charge on any atom is 0.312 e. The lowest BCUT2D eigenvalue weighted by atomic mass is 10.0. The lowest BCUT2D eigenvalue weighted by Crippen LogP contribution is -2.16. The molecule has 0 heterocycles. The summed E-state index contributed by atoms with van der Waals surface area (Å²) in [6.07, 6.45) is -0.547. The lowest BCUT2D eigenvalue weighted by molar-refractivity contribution is -0.139. The fourth-order valence-electron chi connectivity index (χ4n) is 1.81. The van der Waals surface area contributed by atoms with Crippen molar-refractivity contribution in [2.24, 2.45) is 0 Å². The van der Waals surface area contributed by atoms with Crippen LogP contribution in [0.15, 0.2) is 53.0 Å². The number of anilines is 1. The predicted octanol–water partition coefficient (Wildman–Crippen LogP) is 3.53. The van der Waals surface area contributed by atoms with E-state index in [1.54, 1.807) is 12.1 Å². The number of rotatable bonds is 4. The first kappa shape index (κ1) is 14.3. The molecule has 0 saturated carbocycles. The van der Waals surface area contributed by atoms with Crippen molar-refractivity contribution >= 4 is 33.5 Å². The maximum absolute atomic E-state index is 11.6. The molecular formula is C15H12BrNO3. The van der Waals surface area contributed by atoms with Gasteiger partial charge in [0.1, 0.15) is 6.42 Å². The Morgan fingerprint density at radius 3 is 2.35 bits per heavy atom. The van der Waals surface area contributed by atoms with Gasteiger partial charge in [-0.3, -0.25) is 9.59 Å². The molecule has 102 valence electrons. The zero-order valence-corrected chi connectivity index (χ0v) is 12.1. The molecule has 2 rings (SSSR count). The Bertz CT molecular complexity index is 638. The van der Waals surface area contributed by atoms with Crippen molar-refractivity contribution in [3.63, 3.8) is 0 Å². The van der Waals surface area contributed by atoms with Crippen molar-refractivity contribution in [2.45, 2.75) is 6.42 Å². The Morgan fingerprint density at radius 1 is 1.05 bits per heavy atom. The van der Waals surface area contributed by atoms with Crippen LogP contribution in [0.3, 0.4) is 0 Å². The molecule has 5 heteroatoms. The molecule has 0 fully saturated rings. The van der Waals surface area contributed by atoms with Crippen molar-refractivity contribution < 1.29 is 14.7 Å². The molecule has 0 spiro atoms. The zero-order valence-electron chi connectivity index (χ0n) is 10.5. The molecule has 0 aliphatic rings. The van der Waals surface area contributed by atoms with E-state index in [1.165, 1.54) is 0 Å². The van der Waals surface area contributed by atoms with Crippen LogP contribution in [-0.2, 0) is 9.59 Å². The van der Waals surface area contributed by atoms with Gasteiger partial charge in [0, 0.05) is 15.7 Å². The summed E-state index contributed by atoms with van der Waals surface area (Å²) in [5, 5.41) is 11.2. The van der Waals surface area contributed by atoms with Gasteiger partial charge in [0.15, 0.2) is 0 Å². The summed E-state index contributed by atoms with van der Waals surface area (Å²) in [4.78, 5) is 22.1. The number of para-hydroxylation sites is 1. The fraction of sp³-hybridized carbons (Fsp3) is 0.0667. The normalized spacial score (nSPS) is 10.1. The van der Waals surface area contributed by atoms with Crippen LogP contribution in [0.4, 0.5) is 5.69 Å². The average molecular weight is 334 g/mol. The van der Waals surface area contributed by atoms with E-state index < -0.39 is 18.3 Å². The van der Waals surface area contributed by atoms with E-state index in [2.05, 4.69) is 21.2 Å². The first-order valence-electron chi connectivity index (χ1n) is 5.93. The molecular weight excluding hydrogens is 322 g/mol. The SMILES string of the molecule is O=C(O)CC(=O)Nc1ccccc1-c1ccc(Br)cc1. The standard InChI is InChI=1S/C15H12BrNO3/c16-11-7-5-10(6-8-11)12-3-1-2-4-13(12)17-14(18)9-15(19)20/h1-8H,9H2,(H,17,18)(H,19,20). The van der Waals surface area contributed by atoms with Gasteiger partial charge in [0.05, 0.1) is 0 Å². The second-order valence-electron chi connectivity index (χ2n) is 4.17. The molecule has 2 aromatic carbocycles. The Morgan fingerprint density at radius 2 is 1.70 bits per heavy atom. The average Bonchev–Trinajstić information content (AvgIpc) is 2.39. The lowest BCUT2D eigenvalue weighted by Gasteiger charge is -2.10. The second kappa shape index (κ2) is 6.34. The van der Waals surface area contributed by atoms with Crippen LogP contribution in [0.2, 0.25) is 0 Å². The number of hydrogen-bond acceptors (Lipinski definition) is 2. The number of nitrogens with one attached hydrogen (secondary N) is 1. The number of amides is 1. The van der Waals surface area contributed by atoms with Gasteiger partial charge in [-0.1, -0.05) is 46.3 Å². The van der Waals surface area contributed by atoms with E-state index in [4.69, 9.17) is 5.11 Å². The maximum atomic E-state index is 11.6. The fourth-order valence-corrected chi connectivity index (χ4v) is 2.07. The highest BCUT2D eigenvalue weighted by atomic mass is 79.9. The summed E-state index contributed by atoms with van der Waals surface area (Å²) in [7, 11) is 0. The molecule has 2 aromatic rings. The summed E-state index contributed by atoms with van der Waals surface area (Å²) < 4.78 is 0.966. The first-order chi connectivity index (χ1) is 9.56. The molecule has 2 N–H and O–H groups in total. The number of benzene rings is 2. The molecule has 0 aromatic heterocycles. The van der Waals surface area contributed by atoms with Crippen LogP contribution in [0, 0.1) is 0 Å². The highest BCUT2D eigenvalue weighted by Crippen LogP contribution is 2.28. The third-order valence-corrected chi connectivity index (χ3v) is 3.20. The van der Waals surface area contributed by atoms with Gasteiger partial charge in [0.25, 0.3) is 0 Å². The van der Waals surface area contributed by atoms with Gasteiger partial charge in [-0.15, -0.1) is 0 Å². The summed E-state index contributed by atoms with van der Waals surface area (Å²) in [5.41, 5.74) is 2.39. The van der Waals surface area contributed by atoms with E-state index in [-0.39, 0.29) is 0 Å². The highest BCUT2D eigenvalue weighted by Gasteiger charge is 2.11. The van der Waals surface area contributed by atoms with Crippen LogP contribution < -0.4 is 5.32 Å². The minimum absolute atomic E-state index is 0.540. The van der Waals surface area contributed by atoms with Crippen molar-refractivity contribution in [1.29, 1.82) is 0 Å². The minimum atomic E-state index is -1.15. The summed E-state index contributed by atoms with van der Waals surface area (Å²) in [6.45, 7) is 0. The van der Waals surface area contributed by atoms with E-state index in [0.29, 0.717) is 5.69 Å². The Labute approximate surface area is 124 Å². The summed E-state index contributed by atoms with van der Waals surface area (Å²) >= 11 is 3.37. The van der Waals surface area contributed by atoms with Crippen LogP contribution >= 0.6 is 15.9 Å². The van der Waals surface area contributed by atoms with E-state index in [1.807, 2.05) is 36.4 Å². The molecule has 0 bridgehead atoms. The third-order valence-electron chi connectivity index (χ3n) is 2.67. The highest BCUT2D eigenvalue weighted by molar-refractivity contribution is 9.10. The molecule has 4 nitrogen and oxygen atoms in total. The van der Waals surface area contributed by atoms with Gasteiger partial charge < -0.3 is 10.4 Å². The van der Waals surface area contributed by atoms with Gasteiger partial charge in [-0.05, 0) is 23.8 Å². The van der Waals surface area contributed by atoms with E-state index in [0.717, 1.165) is 15.6 Å². The monoisotopic (exact) mass is 333 g/mol. The Balaban J connectivity index is 2.28.